The summed E-state index contributed by atoms with van der Waals surface area (Å²) in [7, 11) is 0. The summed E-state index contributed by atoms with van der Waals surface area (Å²) in [5.74, 6) is 0. The Hall–Kier alpha value is -1.72. The highest BCUT2D eigenvalue weighted by atomic mass is 32.1. The van der Waals surface area contributed by atoms with Gasteiger partial charge in [-0.2, -0.15) is 0 Å². The van der Waals surface area contributed by atoms with Crippen LogP contribution in [-0.2, 0) is 6.54 Å². The van der Waals surface area contributed by atoms with Crippen molar-refractivity contribution in [1.82, 2.24) is 5.32 Å². The van der Waals surface area contributed by atoms with E-state index in [0.717, 1.165) is 0 Å². The van der Waals surface area contributed by atoms with Crippen LogP contribution in [0, 0.1) is 10.1 Å². The number of nitrogens with one attached hydrogen (secondary N) is 1. The molecule has 2 aromatic rings. The summed E-state index contributed by atoms with van der Waals surface area (Å²) in [6.45, 7) is 2.55. The minimum Gasteiger partial charge on any atom is -0.305 e. The van der Waals surface area contributed by atoms with Gasteiger partial charge in [-0.1, -0.05) is 24.3 Å². The zero-order valence-corrected chi connectivity index (χ0v) is 10.8. The molecule has 1 aromatic heterocycles. The van der Waals surface area contributed by atoms with Crippen molar-refractivity contribution in [3.63, 3.8) is 0 Å². The molecule has 0 saturated heterocycles. The van der Waals surface area contributed by atoms with Gasteiger partial charge in [0.15, 0.2) is 0 Å². The molecule has 1 unspecified atom stereocenters. The molecule has 4 nitrogen and oxygen atoms in total. The normalized spacial score (nSPS) is 12.3. The second-order valence-corrected chi connectivity index (χ2v) is 4.98. The fraction of sp³-hybridized carbons (Fsp3) is 0.231. The van der Waals surface area contributed by atoms with Crippen LogP contribution in [-0.4, -0.2) is 4.92 Å². The zero-order valence-electron chi connectivity index (χ0n) is 10.00. The number of benzene rings is 1. The number of rotatable bonds is 5. The SMILES string of the molecule is CC(NCc1ccccc1[N+](=O)[O-])c1cccs1. The van der Waals surface area contributed by atoms with Crippen molar-refractivity contribution >= 4 is 17.0 Å². The van der Waals surface area contributed by atoms with Gasteiger partial charge in [0.05, 0.1) is 4.92 Å². The molecule has 0 spiro atoms. The Morgan fingerprint density at radius 2 is 2.11 bits per heavy atom. The lowest BCUT2D eigenvalue weighted by molar-refractivity contribution is -0.385. The van der Waals surface area contributed by atoms with Crippen LogP contribution in [0.2, 0.25) is 0 Å². The average Bonchev–Trinajstić information content (AvgIpc) is 2.90. The van der Waals surface area contributed by atoms with Crippen LogP contribution >= 0.6 is 11.3 Å². The van der Waals surface area contributed by atoms with Gasteiger partial charge in [0, 0.05) is 29.1 Å². The van der Waals surface area contributed by atoms with Gasteiger partial charge in [-0.15, -0.1) is 11.3 Å². The monoisotopic (exact) mass is 262 g/mol. The Kier molecular flexibility index (Phi) is 4.07. The maximum Gasteiger partial charge on any atom is 0.273 e. The molecule has 0 fully saturated rings. The molecule has 0 aliphatic carbocycles. The molecule has 1 heterocycles. The van der Waals surface area contributed by atoms with Crippen LogP contribution in [0.15, 0.2) is 41.8 Å². The number of para-hydroxylation sites is 1. The minimum atomic E-state index is -0.340. The molecule has 0 saturated carbocycles. The van der Waals surface area contributed by atoms with Crippen LogP contribution in [0.1, 0.15) is 23.4 Å². The third kappa shape index (κ3) is 2.94. The lowest BCUT2D eigenvalue weighted by Crippen LogP contribution is -2.17. The number of nitrogens with zero attached hydrogens (tertiary/aromatic N) is 1. The quantitative estimate of drug-likeness (QED) is 0.662. The van der Waals surface area contributed by atoms with E-state index in [4.69, 9.17) is 0 Å². The lowest BCUT2D eigenvalue weighted by Gasteiger charge is -2.12. The Morgan fingerprint density at radius 3 is 2.78 bits per heavy atom. The summed E-state index contributed by atoms with van der Waals surface area (Å²) >= 11 is 1.68. The van der Waals surface area contributed by atoms with E-state index in [0.29, 0.717) is 12.1 Å². The van der Waals surface area contributed by atoms with E-state index in [1.165, 1.54) is 10.9 Å². The van der Waals surface area contributed by atoms with Gasteiger partial charge in [-0.05, 0) is 18.4 Å². The summed E-state index contributed by atoms with van der Waals surface area (Å²) in [6, 6.07) is 11.1. The summed E-state index contributed by atoms with van der Waals surface area (Å²) in [4.78, 5) is 11.8. The van der Waals surface area contributed by atoms with Crippen LogP contribution in [0.5, 0.6) is 0 Å². The van der Waals surface area contributed by atoms with Crippen LogP contribution in [0.3, 0.4) is 0 Å². The van der Waals surface area contributed by atoms with E-state index < -0.39 is 0 Å². The molecule has 1 atom stereocenters. The van der Waals surface area contributed by atoms with Crippen LogP contribution in [0.4, 0.5) is 5.69 Å². The fourth-order valence-electron chi connectivity index (χ4n) is 1.74. The van der Waals surface area contributed by atoms with E-state index in [2.05, 4.69) is 18.3 Å². The molecule has 0 aliphatic heterocycles. The molecular weight excluding hydrogens is 248 g/mol. The molecule has 5 heteroatoms. The standard InChI is InChI=1S/C13H14N2O2S/c1-10(13-7-4-8-18-13)14-9-11-5-2-3-6-12(11)15(16)17/h2-8,10,14H,9H2,1H3. The number of thiophene rings is 1. The molecule has 1 aromatic carbocycles. The van der Waals surface area contributed by atoms with Crippen molar-refractivity contribution in [1.29, 1.82) is 0 Å². The van der Waals surface area contributed by atoms with Crippen LogP contribution < -0.4 is 5.32 Å². The first-order valence-corrected chi connectivity index (χ1v) is 6.55. The van der Waals surface area contributed by atoms with E-state index >= 15 is 0 Å². The smallest absolute Gasteiger partial charge is 0.273 e. The highest BCUT2D eigenvalue weighted by Crippen LogP contribution is 2.21. The Bertz CT molecular complexity index is 526. The first-order valence-electron chi connectivity index (χ1n) is 5.67. The number of hydrogen-bond donors (Lipinski definition) is 1. The van der Waals surface area contributed by atoms with Gasteiger partial charge in [-0.3, -0.25) is 10.1 Å². The second kappa shape index (κ2) is 5.75. The minimum absolute atomic E-state index is 0.170. The van der Waals surface area contributed by atoms with Crippen molar-refractivity contribution in [3.05, 3.63) is 62.3 Å². The second-order valence-electron chi connectivity index (χ2n) is 4.00. The van der Waals surface area contributed by atoms with E-state index in [1.54, 1.807) is 23.5 Å². The third-order valence-corrected chi connectivity index (χ3v) is 3.81. The predicted molar refractivity (Wildman–Crippen MR) is 72.7 cm³/mol. The van der Waals surface area contributed by atoms with Crippen LogP contribution in [0.25, 0.3) is 0 Å². The molecule has 1 N–H and O–H groups in total. The first kappa shape index (κ1) is 12.7. The van der Waals surface area contributed by atoms with Crippen molar-refractivity contribution in [2.24, 2.45) is 0 Å². The first-order chi connectivity index (χ1) is 8.68. The fourth-order valence-corrected chi connectivity index (χ4v) is 2.50. The van der Waals surface area contributed by atoms with E-state index in [-0.39, 0.29) is 16.7 Å². The zero-order chi connectivity index (χ0) is 13.0. The predicted octanol–water partition coefficient (Wildman–Crippen LogP) is 3.51. The molecule has 0 amide bonds. The average molecular weight is 262 g/mol. The molecule has 0 aliphatic rings. The summed E-state index contributed by atoms with van der Waals surface area (Å²) in [6.07, 6.45) is 0. The number of hydrogen-bond acceptors (Lipinski definition) is 4. The summed E-state index contributed by atoms with van der Waals surface area (Å²) in [5, 5.41) is 16.2. The highest BCUT2D eigenvalue weighted by Gasteiger charge is 2.13. The van der Waals surface area contributed by atoms with E-state index in [1.807, 2.05) is 17.5 Å². The summed E-state index contributed by atoms with van der Waals surface area (Å²) < 4.78 is 0. The molecule has 18 heavy (non-hydrogen) atoms. The molecule has 0 radical (unpaired) electrons. The Balaban J connectivity index is 2.04. The van der Waals surface area contributed by atoms with Crippen molar-refractivity contribution < 1.29 is 4.92 Å². The van der Waals surface area contributed by atoms with Gasteiger partial charge in [0.25, 0.3) is 5.69 Å². The molecular formula is C13H14N2O2S. The van der Waals surface area contributed by atoms with Gasteiger partial charge in [-0.25, -0.2) is 0 Å². The summed E-state index contributed by atoms with van der Waals surface area (Å²) in [5.41, 5.74) is 0.884. The van der Waals surface area contributed by atoms with Gasteiger partial charge in [0.2, 0.25) is 0 Å². The van der Waals surface area contributed by atoms with Crippen molar-refractivity contribution in [2.45, 2.75) is 19.5 Å². The third-order valence-electron chi connectivity index (χ3n) is 2.76. The molecule has 0 bridgehead atoms. The Morgan fingerprint density at radius 1 is 1.33 bits per heavy atom. The van der Waals surface area contributed by atoms with Gasteiger partial charge < -0.3 is 5.32 Å². The largest absolute Gasteiger partial charge is 0.305 e. The lowest BCUT2D eigenvalue weighted by atomic mass is 10.1. The van der Waals surface area contributed by atoms with Crippen molar-refractivity contribution in [3.8, 4) is 0 Å². The number of nitro benzene ring substituents is 1. The maximum atomic E-state index is 10.9. The van der Waals surface area contributed by atoms with Crippen molar-refractivity contribution in [2.75, 3.05) is 0 Å². The van der Waals surface area contributed by atoms with Gasteiger partial charge in [0.1, 0.15) is 0 Å². The Labute approximate surface area is 109 Å². The topological polar surface area (TPSA) is 55.2 Å². The maximum absolute atomic E-state index is 10.9. The number of nitro groups is 1. The molecule has 94 valence electrons. The molecule has 2 rings (SSSR count). The van der Waals surface area contributed by atoms with Gasteiger partial charge >= 0.3 is 0 Å². The highest BCUT2D eigenvalue weighted by molar-refractivity contribution is 7.10. The van der Waals surface area contributed by atoms with E-state index in [9.17, 15) is 10.1 Å².